The van der Waals surface area contributed by atoms with Gasteiger partial charge in [0.2, 0.25) is 0 Å². The first-order valence-corrected chi connectivity index (χ1v) is 12.3. The Kier molecular flexibility index (Phi) is 5.40. The molecular weight excluding hydrogens is 406 g/mol. The first-order chi connectivity index (χ1) is 13.8. The number of nitrogens with zero attached hydrogens (tertiary/aromatic N) is 1. The van der Waals surface area contributed by atoms with Crippen LogP contribution >= 0.6 is 11.8 Å². The minimum Gasteiger partial charge on any atom is -0.335 e. The second kappa shape index (κ2) is 7.84. The van der Waals surface area contributed by atoms with Crippen molar-refractivity contribution in [3.63, 3.8) is 0 Å². The third kappa shape index (κ3) is 4.48. The Bertz CT molecular complexity index is 1080. The number of aryl methyl sites for hydroxylation is 2. The molecule has 2 heterocycles. The number of hydrogen-bond donors (Lipinski definition) is 2. The summed E-state index contributed by atoms with van der Waals surface area (Å²) in [6.07, 6.45) is 0.955. The van der Waals surface area contributed by atoms with Crippen LogP contribution < -0.4 is 10.6 Å². The Morgan fingerprint density at radius 2 is 1.93 bits per heavy atom. The molecule has 1 saturated heterocycles. The first-order valence-electron chi connectivity index (χ1n) is 9.56. The van der Waals surface area contributed by atoms with Crippen LogP contribution in [0, 0.1) is 6.92 Å². The van der Waals surface area contributed by atoms with Crippen LogP contribution in [0.4, 0.5) is 11.4 Å². The topological polar surface area (TPSA) is 87.6 Å². The molecule has 0 aromatic heterocycles. The highest BCUT2D eigenvalue weighted by Gasteiger charge is 2.42. The number of amidine groups is 1. The van der Waals surface area contributed by atoms with Crippen molar-refractivity contribution >= 4 is 44.0 Å². The van der Waals surface area contributed by atoms with Crippen LogP contribution in [0.1, 0.15) is 28.4 Å². The van der Waals surface area contributed by atoms with E-state index in [2.05, 4.69) is 22.5 Å². The van der Waals surface area contributed by atoms with Crippen LogP contribution in [0.3, 0.4) is 0 Å². The van der Waals surface area contributed by atoms with Crippen molar-refractivity contribution in [3.05, 3.63) is 59.2 Å². The standard InChI is InChI=1S/C21H23N3O3S2/c1-3-14-5-8-16(9-6-14)22-20(25)15-7-4-13(2)17(10-15)23-21-24-18-11-29(26,27)12-19(18)28-21/h4-10,18-19H,3,11-12H2,1-2H3,(H,22,25)(H,23,24)/t18-,19-/m1/s1. The molecule has 1 fully saturated rings. The summed E-state index contributed by atoms with van der Waals surface area (Å²) in [7, 11) is -2.97. The monoisotopic (exact) mass is 429 g/mol. The SMILES string of the molecule is CCc1ccc(NC(=O)c2ccc(C)c(NC3=N[C@@H]4CS(=O)(=O)C[C@H]4S3)c2)cc1. The lowest BCUT2D eigenvalue weighted by Crippen LogP contribution is -2.14. The second-order valence-electron chi connectivity index (χ2n) is 7.39. The van der Waals surface area contributed by atoms with Crippen LogP contribution in [-0.4, -0.2) is 42.3 Å². The highest BCUT2D eigenvalue weighted by Crippen LogP contribution is 2.35. The molecule has 2 atom stereocenters. The van der Waals surface area contributed by atoms with Gasteiger partial charge in [-0.1, -0.05) is 36.9 Å². The van der Waals surface area contributed by atoms with Crippen molar-refractivity contribution in [2.24, 2.45) is 4.99 Å². The smallest absolute Gasteiger partial charge is 0.255 e. The molecule has 2 aliphatic heterocycles. The lowest BCUT2D eigenvalue weighted by Gasteiger charge is -2.12. The van der Waals surface area contributed by atoms with E-state index in [4.69, 9.17) is 0 Å². The molecule has 0 radical (unpaired) electrons. The van der Waals surface area contributed by atoms with Gasteiger partial charge in [-0.2, -0.15) is 0 Å². The molecule has 2 aromatic rings. The molecule has 0 bridgehead atoms. The van der Waals surface area contributed by atoms with Crippen LogP contribution in [0.2, 0.25) is 0 Å². The quantitative estimate of drug-likeness (QED) is 0.777. The third-order valence-corrected chi connectivity index (χ3v) is 8.32. The van der Waals surface area contributed by atoms with Crippen molar-refractivity contribution in [3.8, 4) is 0 Å². The summed E-state index contributed by atoms with van der Waals surface area (Å²) in [6.45, 7) is 4.05. The van der Waals surface area contributed by atoms with Crippen LogP contribution in [-0.2, 0) is 16.3 Å². The fraction of sp³-hybridized carbons (Fsp3) is 0.333. The van der Waals surface area contributed by atoms with E-state index in [-0.39, 0.29) is 28.7 Å². The summed E-state index contributed by atoms with van der Waals surface area (Å²) < 4.78 is 23.4. The van der Waals surface area contributed by atoms with E-state index >= 15 is 0 Å². The summed E-state index contributed by atoms with van der Waals surface area (Å²) in [6, 6.07) is 13.1. The lowest BCUT2D eigenvalue weighted by atomic mass is 10.1. The number of anilines is 2. The Morgan fingerprint density at radius 1 is 1.17 bits per heavy atom. The molecule has 2 aromatic carbocycles. The number of sulfone groups is 1. The van der Waals surface area contributed by atoms with E-state index in [0.29, 0.717) is 10.7 Å². The maximum absolute atomic E-state index is 12.7. The number of thioether (sulfide) groups is 1. The Labute approximate surface area is 175 Å². The van der Waals surface area contributed by atoms with E-state index < -0.39 is 9.84 Å². The molecule has 29 heavy (non-hydrogen) atoms. The number of hydrogen-bond acceptors (Lipinski definition) is 6. The average Bonchev–Trinajstić information content (AvgIpc) is 3.16. The fourth-order valence-corrected chi connectivity index (χ4v) is 7.12. The van der Waals surface area contributed by atoms with Crippen molar-refractivity contribution < 1.29 is 13.2 Å². The lowest BCUT2D eigenvalue weighted by molar-refractivity contribution is 0.102. The number of aliphatic imine (C=N–C) groups is 1. The van der Waals surface area contributed by atoms with Gasteiger partial charge in [0.1, 0.15) is 0 Å². The zero-order chi connectivity index (χ0) is 20.6. The zero-order valence-corrected chi connectivity index (χ0v) is 17.9. The number of carbonyl (C=O) groups excluding carboxylic acids is 1. The van der Waals surface area contributed by atoms with Crippen molar-refractivity contribution in [2.45, 2.75) is 31.6 Å². The van der Waals surface area contributed by atoms with Gasteiger partial charge < -0.3 is 10.6 Å². The summed E-state index contributed by atoms with van der Waals surface area (Å²) in [5.74, 6) is 0.116. The highest BCUT2D eigenvalue weighted by atomic mass is 32.2. The molecular formula is C21H23N3O3S2. The van der Waals surface area contributed by atoms with Crippen LogP contribution in [0.15, 0.2) is 47.5 Å². The number of nitrogens with one attached hydrogen (secondary N) is 2. The molecule has 1 amide bonds. The number of rotatable bonds is 4. The van der Waals surface area contributed by atoms with E-state index in [1.54, 1.807) is 12.1 Å². The van der Waals surface area contributed by atoms with Gasteiger partial charge in [-0.25, -0.2) is 8.42 Å². The number of amides is 1. The van der Waals surface area contributed by atoms with Crippen molar-refractivity contribution in [2.75, 3.05) is 22.1 Å². The Balaban J connectivity index is 1.47. The first kappa shape index (κ1) is 20.0. The van der Waals surface area contributed by atoms with E-state index in [9.17, 15) is 13.2 Å². The van der Waals surface area contributed by atoms with Gasteiger partial charge in [0.05, 0.1) is 17.5 Å². The van der Waals surface area contributed by atoms with Crippen molar-refractivity contribution in [1.82, 2.24) is 0 Å². The third-order valence-electron chi connectivity index (χ3n) is 5.18. The van der Waals surface area contributed by atoms with E-state index in [1.165, 1.54) is 17.3 Å². The van der Waals surface area contributed by atoms with E-state index in [0.717, 1.165) is 23.4 Å². The van der Waals surface area contributed by atoms with Gasteiger partial charge in [0.15, 0.2) is 15.0 Å². The minimum absolute atomic E-state index is 0.0135. The number of fused-ring (bicyclic) bond motifs is 1. The van der Waals surface area contributed by atoms with Gasteiger partial charge in [-0.15, -0.1) is 0 Å². The van der Waals surface area contributed by atoms with Gasteiger partial charge in [0.25, 0.3) is 5.91 Å². The normalized spacial score (nSPS) is 22.1. The molecule has 0 spiro atoms. The zero-order valence-electron chi connectivity index (χ0n) is 16.3. The van der Waals surface area contributed by atoms with Gasteiger partial charge in [0, 0.05) is 22.2 Å². The summed E-state index contributed by atoms with van der Waals surface area (Å²) in [5.41, 5.74) is 4.31. The van der Waals surface area contributed by atoms with E-state index in [1.807, 2.05) is 37.3 Å². The summed E-state index contributed by atoms with van der Waals surface area (Å²) >= 11 is 1.47. The molecule has 0 aliphatic carbocycles. The van der Waals surface area contributed by atoms with Gasteiger partial charge in [-0.3, -0.25) is 9.79 Å². The molecule has 8 heteroatoms. The predicted molar refractivity (Wildman–Crippen MR) is 120 cm³/mol. The van der Waals surface area contributed by atoms with Gasteiger partial charge >= 0.3 is 0 Å². The average molecular weight is 430 g/mol. The molecule has 6 nitrogen and oxygen atoms in total. The Morgan fingerprint density at radius 3 is 2.62 bits per heavy atom. The molecule has 0 saturated carbocycles. The molecule has 152 valence electrons. The highest BCUT2D eigenvalue weighted by molar-refractivity contribution is 8.15. The van der Waals surface area contributed by atoms with Crippen LogP contribution in [0.5, 0.6) is 0 Å². The van der Waals surface area contributed by atoms with Gasteiger partial charge in [-0.05, 0) is 48.7 Å². The maximum atomic E-state index is 12.7. The molecule has 2 N–H and O–H groups in total. The summed E-state index contributed by atoms with van der Waals surface area (Å²) in [4.78, 5) is 17.2. The molecule has 0 unspecified atom stereocenters. The second-order valence-corrected chi connectivity index (χ2v) is 10.8. The molecule has 4 rings (SSSR count). The number of carbonyl (C=O) groups is 1. The maximum Gasteiger partial charge on any atom is 0.255 e. The fourth-order valence-electron chi connectivity index (χ4n) is 3.46. The van der Waals surface area contributed by atoms with Crippen LogP contribution in [0.25, 0.3) is 0 Å². The number of benzene rings is 2. The Hall–Kier alpha value is -2.32. The largest absolute Gasteiger partial charge is 0.335 e. The summed E-state index contributed by atoms with van der Waals surface area (Å²) in [5, 5.41) is 6.90. The predicted octanol–water partition coefficient (Wildman–Crippen LogP) is 3.49. The molecule has 2 aliphatic rings. The van der Waals surface area contributed by atoms with Crippen molar-refractivity contribution in [1.29, 1.82) is 0 Å². The minimum atomic E-state index is -2.97.